The van der Waals surface area contributed by atoms with Crippen molar-refractivity contribution in [3.63, 3.8) is 0 Å². The summed E-state index contributed by atoms with van der Waals surface area (Å²) in [5.41, 5.74) is 6.33. The van der Waals surface area contributed by atoms with Crippen LogP contribution in [0.4, 0.5) is 0 Å². The van der Waals surface area contributed by atoms with Gasteiger partial charge < -0.3 is 15.2 Å². The summed E-state index contributed by atoms with van der Waals surface area (Å²) in [6.07, 6.45) is 0.750. The lowest BCUT2D eigenvalue weighted by molar-refractivity contribution is 0.342. The second-order valence-electron chi connectivity index (χ2n) is 2.55. The second-order valence-corrected chi connectivity index (χ2v) is 2.55. The predicted molar refractivity (Wildman–Crippen MR) is 50.1 cm³/mol. The van der Waals surface area contributed by atoms with Crippen LogP contribution in [0.3, 0.4) is 0 Å². The summed E-state index contributed by atoms with van der Waals surface area (Å²) in [4.78, 5) is 4.22. The molecule has 0 aliphatic heterocycles. The summed E-state index contributed by atoms with van der Waals surface area (Å²) < 4.78 is 10.1. The van der Waals surface area contributed by atoms with Crippen molar-refractivity contribution in [3.05, 3.63) is 17.8 Å². The van der Waals surface area contributed by atoms with Crippen LogP contribution in [0, 0.1) is 0 Å². The van der Waals surface area contributed by atoms with Crippen LogP contribution >= 0.6 is 0 Å². The van der Waals surface area contributed by atoms with Crippen LogP contribution in [0.25, 0.3) is 0 Å². The SMILES string of the molecule is COc1ccc(CCN)nc1OC. The van der Waals surface area contributed by atoms with Gasteiger partial charge in [0.05, 0.1) is 14.2 Å². The third-order valence-electron chi connectivity index (χ3n) is 1.70. The molecular formula is C9H14N2O2. The number of pyridine rings is 1. The fourth-order valence-electron chi connectivity index (χ4n) is 1.05. The Morgan fingerprint density at radius 3 is 2.62 bits per heavy atom. The first-order chi connectivity index (χ1) is 6.31. The third-order valence-corrected chi connectivity index (χ3v) is 1.70. The smallest absolute Gasteiger partial charge is 0.256 e. The molecule has 0 aromatic carbocycles. The summed E-state index contributed by atoms with van der Waals surface area (Å²) in [6, 6.07) is 3.71. The minimum atomic E-state index is 0.508. The molecule has 0 fully saturated rings. The highest BCUT2D eigenvalue weighted by Gasteiger charge is 2.05. The molecule has 1 aromatic rings. The molecule has 0 aliphatic rings. The molecule has 13 heavy (non-hydrogen) atoms. The van der Waals surface area contributed by atoms with E-state index < -0.39 is 0 Å². The van der Waals surface area contributed by atoms with E-state index in [1.807, 2.05) is 12.1 Å². The van der Waals surface area contributed by atoms with Crippen LogP contribution < -0.4 is 15.2 Å². The van der Waals surface area contributed by atoms with E-state index in [9.17, 15) is 0 Å². The molecule has 0 spiro atoms. The molecule has 4 nitrogen and oxygen atoms in total. The molecule has 1 heterocycles. The number of hydrogen-bond acceptors (Lipinski definition) is 4. The molecule has 0 unspecified atom stereocenters. The molecule has 1 aromatic heterocycles. The largest absolute Gasteiger partial charge is 0.491 e. The van der Waals surface area contributed by atoms with Gasteiger partial charge >= 0.3 is 0 Å². The first-order valence-electron chi connectivity index (χ1n) is 4.09. The lowest BCUT2D eigenvalue weighted by atomic mass is 10.2. The monoisotopic (exact) mass is 182 g/mol. The van der Waals surface area contributed by atoms with E-state index in [1.165, 1.54) is 0 Å². The lowest BCUT2D eigenvalue weighted by Crippen LogP contribution is -2.05. The van der Waals surface area contributed by atoms with Crippen molar-refractivity contribution in [2.24, 2.45) is 5.73 Å². The standard InChI is InChI=1S/C9H14N2O2/c1-12-8-4-3-7(5-6-10)11-9(8)13-2/h3-4H,5-6,10H2,1-2H3. The van der Waals surface area contributed by atoms with E-state index in [1.54, 1.807) is 14.2 Å². The summed E-state index contributed by atoms with van der Waals surface area (Å²) in [5, 5.41) is 0. The van der Waals surface area contributed by atoms with E-state index in [-0.39, 0.29) is 0 Å². The van der Waals surface area contributed by atoms with Crippen LogP contribution in [0.2, 0.25) is 0 Å². The van der Waals surface area contributed by atoms with Gasteiger partial charge in [0.15, 0.2) is 5.75 Å². The first kappa shape index (κ1) is 9.80. The molecule has 1 rings (SSSR count). The molecule has 2 N–H and O–H groups in total. The number of nitrogens with zero attached hydrogens (tertiary/aromatic N) is 1. The molecular weight excluding hydrogens is 168 g/mol. The summed E-state index contributed by atoms with van der Waals surface area (Å²) in [6.45, 7) is 0.586. The van der Waals surface area contributed by atoms with Crippen LogP contribution in [0.15, 0.2) is 12.1 Å². The van der Waals surface area contributed by atoms with Crippen LogP contribution in [0.1, 0.15) is 5.69 Å². The first-order valence-corrected chi connectivity index (χ1v) is 4.09. The Balaban J connectivity index is 2.91. The zero-order chi connectivity index (χ0) is 9.68. The molecule has 0 amide bonds. The molecule has 4 heteroatoms. The highest BCUT2D eigenvalue weighted by atomic mass is 16.5. The summed E-state index contributed by atoms with van der Waals surface area (Å²) >= 11 is 0. The van der Waals surface area contributed by atoms with Gasteiger partial charge in [-0.1, -0.05) is 0 Å². The second kappa shape index (κ2) is 4.67. The van der Waals surface area contributed by atoms with Crippen molar-refractivity contribution in [2.45, 2.75) is 6.42 Å². The van der Waals surface area contributed by atoms with Crippen LogP contribution in [-0.2, 0) is 6.42 Å². The Bertz CT molecular complexity index is 276. The van der Waals surface area contributed by atoms with Crippen molar-refractivity contribution in [1.29, 1.82) is 0 Å². The van der Waals surface area contributed by atoms with Gasteiger partial charge in [0.1, 0.15) is 0 Å². The number of hydrogen-bond donors (Lipinski definition) is 1. The van der Waals surface area contributed by atoms with Gasteiger partial charge in [-0.3, -0.25) is 0 Å². The molecule has 0 atom stereocenters. The summed E-state index contributed by atoms with van der Waals surface area (Å²) in [5.74, 6) is 1.15. The Hall–Kier alpha value is -1.29. The zero-order valence-corrected chi connectivity index (χ0v) is 7.91. The normalized spacial score (nSPS) is 9.77. The predicted octanol–water partition coefficient (Wildman–Crippen LogP) is 0.600. The molecule has 0 aliphatic carbocycles. The number of aromatic nitrogens is 1. The number of rotatable bonds is 4. The maximum absolute atomic E-state index is 5.41. The fraction of sp³-hybridized carbons (Fsp3) is 0.444. The fourth-order valence-corrected chi connectivity index (χ4v) is 1.05. The van der Waals surface area contributed by atoms with E-state index in [0.717, 1.165) is 12.1 Å². The number of ether oxygens (including phenoxy) is 2. The maximum atomic E-state index is 5.41. The Morgan fingerprint density at radius 2 is 2.08 bits per heavy atom. The van der Waals surface area contributed by atoms with E-state index >= 15 is 0 Å². The van der Waals surface area contributed by atoms with Crippen molar-refractivity contribution in [3.8, 4) is 11.6 Å². The maximum Gasteiger partial charge on any atom is 0.256 e. The van der Waals surface area contributed by atoms with Crippen molar-refractivity contribution in [2.75, 3.05) is 20.8 Å². The van der Waals surface area contributed by atoms with E-state index in [0.29, 0.717) is 18.2 Å². The average molecular weight is 182 g/mol. The average Bonchev–Trinajstić information content (AvgIpc) is 2.18. The van der Waals surface area contributed by atoms with Crippen molar-refractivity contribution >= 4 is 0 Å². The molecule has 0 saturated heterocycles. The van der Waals surface area contributed by atoms with Gasteiger partial charge in [-0.05, 0) is 18.7 Å². The van der Waals surface area contributed by atoms with Gasteiger partial charge in [0.25, 0.3) is 5.88 Å². The van der Waals surface area contributed by atoms with E-state index in [4.69, 9.17) is 15.2 Å². The lowest BCUT2D eigenvalue weighted by Gasteiger charge is -2.07. The molecule has 0 bridgehead atoms. The number of methoxy groups -OCH3 is 2. The zero-order valence-electron chi connectivity index (χ0n) is 7.91. The van der Waals surface area contributed by atoms with Crippen LogP contribution in [-0.4, -0.2) is 25.7 Å². The third kappa shape index (κ3) is 2.32. The van der Waals surface area contributed by atoms with Crippen molar-refractivity contribution in [1.82, 2.24) is 4.98 Å². The van der Waals surface area contributed by atoms with Gasteiger partial charge in [-0.2, -0.15) is 0 Å². The highest BCUT2D eigenvalue weighted by Crippen LogP contribution is 2.23. The summed E-state index contributed by atoms with van der Waals surface area (Å²) in [7, 11) is 3.15. The topological polar surface area (TPSA) is 57.4 Å². The van der Waals surface area contributed by atoms with E-state index in [2.05, 4.69) is 4.98 Å². The molecule has 72 valence electrons. The van der Waals surface area contributed by atoms with Gasteiger partial charge in [-0.15, -0.1) is 0 Å². The Morgan fingerprint density at radius 1 is 1.31 bits per heavy atom. The molecule has 0 saturated carbocycles. The Kier molecular flexibility index (Phi) is 3.52. The van der Waals surface area contributed by atoms with Gasteiger partial charge in [0.2, 0.25) is 0 Å². The molecule has 0 radical (unpaired) electrons. The minimum Gasteiger partial charge on any atom is -0.491 e. The highest BCUT2D eigenvalue weighted by molar-refractivity contribution is 5.34. The van der Waals surface area contributed by atoms with Gasteiger partial charge in [0, 0.05) is 12.1 Å². The quantitative estimate of drug-likeness (QED) is 0.740. The minimum absolute atomic E-state index is 0.508. The van der Waals surface area contributed by atoms with Gasteiger partial charge in [-0.25, -0.2) is 4.98 Å². The van der Waals surface area contributed by atoms with Crippen molar-refractivity contribution < 1.29 is 9.47 Å². The Labute approximate surface area is 77.7 Å². The van der Waals surface area contributed by atoms with Crippen LogP contribution in [0.5, 0.6) is 11.6 Å². The number of nitrogens with two attached hydrogens (primary N) is 1.